The van der Waals surface area contributed by atoms with Crippen LogP contribution in [0.25, 0.3) is 11.0 Å². The number of fused-ring (bicyclic) bond motifs is 1. The molecule has 0 saturated heterocycles. The topological polar surface area (TPSA) is 38.0 Å². The predicted octanol–water partition coefficient (Wildman–Crippen LogP) is 1.89. The molecule has 3 nitrogen and oxygen atoms in total. The largest absolute Gasteiger partial charge is 0.427 e. The van der Waals surface area contributed by atoms with Crippen molar-refractivity contribution in [3.63, 3.8) is 0 Å². The van der Waals surface area contributed by atoms with Crippen molar-refractivity contribution >= 4 is 11.0 Å². The number of aryl methyl sites for hydroxylation is 2. The lowest BCUT2D eigenvalue weighted by atomic mass is 10.1. The Hall–Kier alpha value is -1.51. The SMILES string of the molecule is Cc1cc2ncn(O)c2cc1C. The number of nitrogens with zero attached hydrogens (tertiary/aromatic N) is 2. The van der Waals surface area contributed by atoms with Crippen LogP contribution in [0.5, 0.6) is 0 Å². The lowest BCUT2D eigenvalue weighted by Gasteiger charge is -1.99. The van der Waals surface area contributed by atoms with Crippen LogP contribution in [-0.2, 0) is 0 Å². The van der Waals surface area contributed by atoms with Crippen LogP contribution < -0.4 is 0 Å². The second-order valence-electron chi connectivity index (χ2n) is 3.01. The highest BCUT2D eigenvalue weighted by Crippen LogP contribution is 2.16. The molecule has 0 bridgehead atoms. The highest BCUT2D eigenvalue weighted by Gasteiger charge is 2.02. The minimum atomic E-state index is 0.762. The van der Waals surface area contributed by atoms with Crippen molar-refractivity contribution in [1.29, 1.82) is 0 Å². The summed E-state index contributed by atoms with van der Waals surface area (Å²) in [5.74, 6) is 0. The molecule has 2 aromatic rings. The van der Waals surface area contributed by atoms with Crippen LogP contribution in [0, 0.1) is 13.8 Å². The summed E-state index contributed by atoms with van der Waals surface area (Å²) >= 11 is 0. The quantitative estimate of drug-likeness (QED) is 0.601. The third-order valence-corrected chi connectivity index (χ3v) is 2.14. The average molecular weight is 162 g/mol. The molecule has 0 fully saturated rings. The Morgan fingerprint density at radius 1 is 1.25 bits per heavy atom. The van der Waals surface area contributed by atoms with Gasteiger partial charge in [0, 0.05) is 0 Å². The van der Waals surface area contributed by atoms with E-state index in [2.05, 4.69) is 4.98 Å². The molecular weight excluding hydrogens is 152 g/mol. The fourth-order valence-corrected chi connectivity index (χ4v) is 1.25. The van der Waals surface area contributed by atoms with Gasteiger partial charge in [0.1, 0.15) is 11.8 Å². The van der Waals surface area contributed by atoms with Gasteiger partial charge in [0.15, 0.2) is 0 Å². The zero-order valence-corrected chi connectivity index (χ0v) is 7.07. The van der Waals surface area contributed by atoms with E-state index in [1.807, 2.05) is 26.0 Å². The second-order valence-corrected chi connectivity index (χ2v) is 3.01. The minimum absolute atomic E-state index is 0.762. The van der Waals surface area contributed by atoms with Crippen molar-refractivity contribution in [3.8, 4) is 0 Å². The lowest BCUT2D eigenvalue weighted by Crippen LogP contribution is -1.87. The fourth-order valence-electron chi connectivity index (χ4n) is 1.25. The van der Waals surface area contributed by atoms with E-state index in [1.165, 1.54) is 17.5 Å². The van der Waals surface area contributed by atoms with Crippen LogP contribution in [-0.4, -0.2) is 14.9 Å². The Labute approximate surface area is 70.2 Å². The Bertz CT molecular complexity index is 431. The van der Waals surface area contributed by atoms with Crippen LogP contribution >= 0.6 is 0 Å². The highest BCUT2D eigenvalue weighted by atomic mass is 16.5. The zero-order chi connectivity index (χ0) is 8.72. The third kappa shape index (κ3) is 0.863. The summed E-state index contributed by atoms with van der Waals surface area (Å²) in [7, 11) is 0. The average Bonchev–Trinajstić information content (AvgIpc) is 2.35. The number of imidazole rings is 1. The molecule has 2 rings (SSSR count). The van der Waals surface area contributed by atoms with E-state index in [-0.39, 0.29) is 0 Å². The molecule has 0 amide bonds. The first-order chi connectivity index (χ1) is 5.68. The van der Waals surface area contributed by atoms with Gasteiger partial charge in [-0.15, -0.1) is 0 Å². The van der Waals surface area contributed by atoms with E-state index >= 15 is 0 Å². The minimum Gasteiger partial charge on any atom is -0.427 e. The first-order valence-electron chi connectivity index (χ1n) is 3.82. The van der Waals surface area contributed by atoms with Crippen molar-refractivity contribution in [2.24, 2.45) is 0 Å². The molecule has 1 aromatic heterocycles. The van der Waals surface area contributed by atoms with E-state index < -0.39 is 0 Å². The number of hydrogen-bond donors (Lipinski definition) is 1. The van der Waals surface area contributed by atoms with Gasteiger partial charge >= 0.3 is 0 Å². The number of rotatable bonds is 0. The summed E-state index contributed by atoms with van der Waals surface area (Å²) in [4.78, 5) is 4.03. The summed E-state index contributed by atoms with van der Waals surface area (Å²) in [5.41, 5.74) is 3.96. The standard InChI is InChI=1S/C9H10N2O/c1-6-3-8-9(4-7(6)2)11(12)5-10-8/h3-5,12H,1-2H3. The molecule has 0 aliphatic heterocycles. The molecule has 1 N–H and O–H groups in total. The van der Waals surface area contributed by atoms with Crippen LogP contribution in [0.15, 0.2) is 18.5 Å². The van der Waals surface area contributed by atoms with E-state index in [1.54, 1.807) is 0 Å². The number of hydrogen-bond acceptors (Lipinski definition) is 2. The van der Waals surface area contributed by atoms with Gasteiger partial charge in [0.25, 0.3) is 0 Å². The number of benzene rings is 1. The molecule has 3 heteroatoms. The Balaban J connectivity index is 2.87. The van der Waals surface area contributed by atoms with Crippen molar-refractivity contribution < 1.29 is 5.21 Å². The fraction of sp³-hybridized carbons (Fsp3) is 0.222. The zero-order valence-electron chi connectivity index (χ0n) is 7.07. The van der Waals surface area contributed by atoms with Gasteiger partial charge in [-0.25, -0.2) is 4.98 Å². The van der Waals surface area contributed by atoms with Gasteiger partial charge in [0.05, 0.1) is 5.52 Å². The van der Waals surface area contributed by atoms with Crippen LogP contribution in [0.1, 0.15) is 11.1 Å². The molecule has 0 radical (unpaired) electrons. The van der Waals surface area contributed by atoms with Crippen molar-refractivity contribution in [2.75, 3.05) is 0 Å². The maximum atomic E-state index is 9.28. The van der Waals surface area contributed by atoms with Crippen molar-refractivity contribution in [3.05, 3.63) is 29.6 Å². The third-order valence-electron chi connectivity index (χ3n) is 2.14. The highest BCUT2D eigenvalue weighted by molar-refractivity contribution is 5.76. The molecule has 12 heavy (non-hydrogen) atoms. The Morgan fingerprint density at radius 2 is 1.92 bits per heavy atom. The monoisotopic (exact) mass is 162 g/mol. The summed E-state index contributed by atoms with van der Waals surface area (Å²) < 4.78 is 1.04. The van der Waals surface area contributed by atoms with Gasteiger partial charge < -0.3 is 5.21 Å². The number of aromatic nitrogens is 2. The van der Waals surface area contributed by atoms with Gasteiger partial charge in [-0.05, 0) is 37.1 Å². The molecular formula is C9H10N2O. The molecule has 0 saturated carbocycles. The Kier molecular flexibility index (Phi) is 1.33. The smallest absolute Gasteiger partial charge is 0.133 e. The molecule has 62 valence electrons. The molecule has 0 aliphatic rings. The molecule has 0 atom stereocenters. The molecule has 0 aliphatic carbocycles. The molecule has 1 aromatic carbocycles. The van der Waals surface area contributed by atoms with E-state index in [9.17, 15) is 5.21 Å². The van der Waals surface area contributed by atoms with Crippen LogP contribution in [0.2, 0.25) is 0 Å². The maximum absolute atomic E-state index is 9.28. The first-order valence-corrected chi connectivity index (χ1v) is 3.82. The molecule has 1 heterocycles. The summed E-state index contributed by atoms with van der Waals surface area (Å²) in [5, 5.41) is 9.28. The van der Waals surface area contributed by atoms with Gasteiger partial charge in [-0.3, -0.25) is 0 Å². The first kappa shape index (κ1) is 7.16. The van der Waals surface area contributed by atoms with E-state index in [0.29, 0.717) is 0 Å². The van der Waals surface area contributed by atoms with Crippen LogP contribution in [0.3, 0.4) is 0 Å². The summed E-state index contributed by atoms with van der Waals surface area (Å²) in [6.45, 7) is 4.05. The second kappa shape index (κ2) is 2.24. The van der Waals surface area contributed by atoms with Crippen molar-refractivity contribution in [1.82, 2.24) is 9.71 Å². The van der Waals surface area contributed by atoms with Crippen molar-refractivity contribution in [2.45, 2.75) is 13.8 Å². The molecule has 0 unspecified atom stereocenters. The summed E-state index contributed by atoms with van der Waals surface area (Å²) in [6, 6.07) is 3.90. The van der Waals surface area contributed by atoms with Gasteiger partial charge in [-0.2, -0.15) is 4.73 Å². The molecule has 0 spiro atoms. The lowest BCUT2D eigenvalue weighted by molar-refractivity contribution is 0.198. The Morgan fingerprint density at radius 3 is 2.67 bits per heavy atom. The van der Waals surface area contributed by atoms with E-state index in [0.717, 1.165) is 15.8 Å². The van der Waals surface area contributed by atoms with Gasteiger partial charge in [-0.1, -0.05) is 0 Å². The summed E-state index contributed by atoms with van der Waals surface area (Å²) in [6.07, 6.45) is 1.41. The maximum Gasteiger partial charge on any atom is 0.133 e. The predicted molar refractivity (Wildman–Crippen MR) is 46.4 cm³/mol. The van der Waals surface area contributed by atoms with Gasteiger partial charge in [0.2, 0.25) is 0 Å². The normalized spacial score (nSPS) is 10.8. The van der Waals surface area contributed by atoms with E-state index in [4.69, 9.17) is 0 Å². The van der Waals surface area contributed by atoms with Crippen LogP contribution in [0.4, 0.5) is 0 Å².